The van der Waals surface area contributed by atoms with Crippen molar-refractivity contribution in [3.63, 3.8) is 0 Å². The Labute approximate surface area is 205 Å². The number of pyridine rings is 1. The third kappa shape index (κ3) is 4.22. The molecule has 11 heteroatoms. The van der Waals surface area contributed by atoms with Gasteiger partial charge in [0.15, 0.2) is 5.82 Å². The molecule has 0 amide bonds. The van der Waals surface area contributed by atoms with E-state index in [1.54, 1.807) is 6.20 Å². The molecule has 8 nitrogen and oxygen atoms in total. The first-order valence-corrected chi connectivity index (χ1v) is 12.6. The number of halogens is 2. The Morgan fingerprint density at radius 2 is 1.82 bits per heavy atom. The van der Waals surface area contributed by atoms with Gasteiger partial charge in [-0.3, -0.25) is 4.68 Å². The Hall–Kier alpha value is -3.14. The average molecular weight is 517 g/mol. The number of fused-ring (bicyclic) bond motifs is 1. The Bertz CT molecular complexity index is 1520. The fourth-order valence-corrected chi connectivity index (χ4v) is 5.70. The van der Waals surface area contributed by atoms with E-state index in [4.69, 9.17) is 28.3 Å². The van der Waals surface area contributed by atoms with Crippen LogP contribution in [-0.4, -0.2) is 34.3 Å². The third-order valence-electron chi connectivity index (χ3n) is 5.59. The van der Waals surface area contributed by atoms with Gasteiger partial charge in [0.2, 0.25) is 0 Å². The molecule has 0 radical (unpaired) electrons. The molecule has 1 aliphatic rings. The molecule has 0 atom stereocenters. The zero-order valence-electron chi connectivity index (χ0n) is 17.6. The van der Waals surface area contributed by atoms with Gasteiger partial charge in [-0.25, -0.2) is 22.5 Å². The molecule has 0 saturated heterocycles. The zero-order valence-corrected chi connectivity index (χ0v) is 19.9. The van der Waals surface area contributed by atoms with Gasteiger partial charge >= 0.3 is 5.97 Å². The summed E-state index contributed by atoms with van der Waals surface area (Å²) in [5.41, 5.74) is 1.68. The topological polar surface area (TPSA) is 105 Å². The fourth-order valence-electron chi connectivity index (χ4n) is 3.74. The van der Waals surface area contributed by atoms with Crippen molar-refractivity contribution in [1.82, 2.24) is 14.8 Å². The number of anilines is 1. The van der Waals surface area contributed by atoms with Crippen LogP contribution in [0.4, 0.5) is 5.82 Å². The molecule has 1 N–H and O–H groups in total. The quantitative estimate of drug-likeness (QED) is 0.363. The van der Waals surface area contributed by atoms with E-state index >= 15 is 0 Å². The van der Waals surface area contributed by atoms with E-state index in [-0.39, 0.29) is 32.9 Å². The summed E-state index contributed by atoms with van der Waals surface area (Å²) in [4.78, 5) is 15.3. The number of carbonyl (C=O) groups is 1. The molecule has 34 heavy (non-hydrogen) atoms. The summed E-state index contributed by atoms with van der Waals surface area (Å²) < 4.78 is 30.4. The maximum absolute atomic E-state index is 13.7. The number of hydrogen-bond donors (Lipinski definition) is 1. The second kappa shape index (κ2) is 8.57. The summed E-state index contributed by atoms with van der Waals surface area (Å²) >= 11 is 12.3. The van der Waals surface area contributed by atoms with Crippen LogP contribution in [0.1, 0.15) is 34.8 Å². The Morgan fingerprint density at radius 1 is 1.09 bits per heavy atom. The maximum Gasteiger partial charge on any atom is 0.335 e. The van der Waals surface area contributed by atoms with E-state index in [0.717, 1.165) is 28.0 Å². The predicted molar refractivity (Wildman–Crippen MR) is 129 cm³/mol. The normalized spacial score (nSPS) is 13.8. The second-order valence-electron chi connectivity index (χ2n) is 8.01. The molecule has 1 saturated carbocycles. The molecule has 4 aromatic rings. The summed E-state index contributed by atoms with van der Waals surface area (Å²) in [6, 6.07) is 12.5. The first kappa shape index (κ1) is 22.6. The van der Waals surface area contributed by atoms with Crippen molar-refractivity contribution in [3.8, 4) is 0 Å². The smallest absolute Gasteiger partial charge is 0.335 e. The van der Waals surface area contributed by atoms with E-state index in [0.29, 0.717) is 11.6 Å². The van der Waals surface area contributed by atoms with Crippen molar-refractivity contribution in [1.29, 1.82) is 0 Å². The highest BCUT2D eigenvalue weighted by Crippen LogP contribution is 2.37. The lowest BCUT2D eigenvalue weighted by Crippen LogP contribution is -2.31. The highest BCUT2D eigenvalue weighted by atomic mass is 35.5. The summed E-state index contributed by atoms with van der Waals surface area (Å²) in [5, 5.41) is 14.9. The average Bonchev–Trinajstić information content (AvgIpc) is 3.57. The van der Waals surface area contributed by atoms with Gasteiger partial charge in [-0.1, -0.05) is 29.3 Å². The second-order valence-corrected chi connectivity index (χ2v) is 10.7. The summed E-state index contributed by atoms with van der Waals surface area (Å²) in [7, 11) is -4.15. The van der Waals surface area contributed by atoms with Crippen LogP contribution in [0.25, 0.3) is 10.9 Å². The minimum Gasteiger partial charge on any atom is -0.478 e. The lowest BCUT2D eigenvalue weighted by molar-refractivity contribution is 0.0696. The number of aromatic carboxylic acids is 1. The van der Waals surface area contributed by atoms with Crippen molar-refractivity contribution >= 4 is 55.9 Å². The van der Waals surface area contributed by atoms with Gasteiger partial charge in [-0.15, -0.1) is 0 Å². The van der Waals surface area contributed by atoms with Crippen LogP contribution in [0.3, 0.4) is 0 Å². The Morgan fingerprint density at radius 3 is 2.47 bits per heavy atom. The molecule has 2 heterocycles. The molecule has 174 valence electrons. The van der Waals surface area contributed by atoms with Gasteiger partial charge in [0, 0.05) is 11.6 Å². The number of nitrogens with zero attached hydrogens (tertiary/aromatic N) is 4. The minimum absolute atomic E-state index is 0.0159. The number of aromatic nitrogens is 3. The molecule has 5 rings (SSSR count). The van der Waals surface area contributed by atoms with Gasteiger partial charge in [-0.05, 0) is 60.9 Å². The number of sulfonamides is 1. The molecule has 0 spiro atoms. The van der Waals surface area contributed by atoms with Crippen molar-refractivity contribution in [2.75, 3.05) is 4.31 Å². The lowest BCUT2D eigenvalue weighted by atomic mass is 10.1. The maximum atomic E-state index is 13.7. The lowest BCUT2D eigenvalue weighted by Gasteiger charge is -2.24. The monoisotopic (exact) mass is 516 g/mol. The summed E-state index contributed by atoms with van der Waals surface area (Å²) in [6.07, 6.45) is 5.30. The van der Waals surface area contributed by atoms with Gasteiger partial charge in [0.05, 0.1) is 44.8 Å². The highest BCUT2D eigenvalue weighted by Gasteiger charge is 2.29. The number of benzene rings is 2. The first-order chi connectivity index (χ1) is 16.2. The van der Waals surface area contributed by atoms with Gasteiger partial charge < -0.3 is 5.11 Å². The van der Waals surface area contributed by atoms with E-state index < -0.39 is 16.0 Å². The number of hydrogen-bond acceptors (Lipinski definition) is 5. The standard InChI is InChI=1S/C23H18Cl2N4O4S/c24-17-10-20(25)22(26-12-17)28(34(32,33)19-6-2-15(3-7-19)23(30)31)13-14-1-8-21-16(9-14)11-27-29(21)18-4-5-18/h1-3,6-12,18H,4-5,13H2,(H,30,31). The molecule has 2 aromatic carbocycles. The molecule has 0 unspecified atom stereocenters. The largest absolute Gasteiger partial charge is 0.478 e. The van der Waals surface area contributed by atoms with E-state index in [1.165, 1.54) is 36.5 Å². The van der Waals surface area contributed by atoms with Crippen molar-refractivity contribution in [2.45, 2.75) is 30.3 Å². The Balaban J connectivity index is 1.57. The van der Waals surface area contributed by atoms with Crippen LogP contribution in [0.2, 0.25) is 10.0 Å². The van der Waals surface area contributed by atoms with Crippen LogP contribution >= 0.6 is 23.2 Å². The van der Waals surface area contributed by atoms with Gasteiger partial charge in [0.25, 0.3) is 10.0 Å². The predicted octanol–water partition coefficient (Wildman–Crippen LogP) is 5.17. The van der Waals surface area contributed by atoms with E-state index in [1.807, 2.05) is 22.9 Å². The minimum atomic E-state index is -4.15. The molecular formula is C23H18Cl2N4O4S. The van der Waals surface area contributed by atoms with Crippen molar-refractivity contribution in [2.24, 2.45) is 0 Å². The SMILES string of the molecule is O=C(O)c1ccc(S(=O)(=O)N(Cc2ccc3c(cnn3C3CC3)c2)c2ncc(Cl)cc2Cl)cc1. The fraction of sp³-hybridized carbons (Fsp3) is 0.174. The number of carboxylic acids is 1. The zero-order chi connectivity index (χ0) is 24.0. The third-order valence-corrected chi connectivity index (χ3v) is 7.83. The highest BCUT2D eigenvalue weighted by molar-refractivity contribution is 7.92. The first-order valence-electron chi connectivity index (χ1n) is 10.4. The molecular weight excluding hydrogens is 499 g/mol. The van der Waals surface area contributed by atoms with E-state index in [9.17, 15) is 13.2 Å². The summed E-state index contributed by atoms with van der Waals surface area (Å²) in [5.74, 6) is -1.13. The van der Waals surface area contributed by atoms with Crippen LogP contribution in [0.15, 0.2) is 65.8 Å². The van der Waals surface area contributed by atoms with Gasteiger partial charge in [-0.2, -0.15) is 5.10 Å². The van der Waals surface area contributed by atoms with Crippen LogP contribution in [-0.2, 0) is 16.6 Å². The van der Waals surface area contributed by atoms with Crippen molar-refractivity contribution < 1.29 is 18.3 Å². The number of carboxylic acid groups (broad SMARTS) is 1. The molecule has 1 aliphatic carbocycles. The number of rotatable bonds is 7. The molecule has 2 aromatic heterocycles. The van der Waals surface area contributed by atoms with Crippen LogP contribution < -0.4 is 4.31 Å². The van der Waals surface area contributed by atoms with Crippen LogP contribution in [0, 0.1) is 0 Å². The Kier molecular flexibility index (Phi) is 5.71. The van der Waals surface area contributed by atoms with E-state index in [2.05, 4.69) is 10.1 Å². The molecule has 1 fully saturated rings. The van der Waals surface area contributed by atoms with Crippen LogP contribution in [0.5, 0.6) is 0 Å². The van der Waals surface area contributed by atoms with Gasteiger partial charge in [0.1, 0.15) is 0 Å². The summed E-state index contributed by atoms with van der Waals surface area (Å²) in [6.45, 7) is -0.0537. The molecule has 0 bridgehead atoms. The molecule has 0 aliphatic heterocycles. The van der Waals surface area contributed by atoms with Crippen molar-refractivity contribution in [3.05, 3.63) is 82.1 Å².